The van der Waals surface area contributed by atoms with Crippen molar-refractivity contribution in [1.82, 2.24) is 0 Å². The molecule has 0 atom stereocenters. The van der Waals surface area contributed by atoms with Gasteiger partial charge in [-0.1, -0.05) is 18.2 Å². The van der Waals surface area contributed by atoms with Crippen LogP contribution in [-0.4, -0.2) is 19.5 Å². The lowest BCUT2D eigenvalue weighted by molar-refractivity contribution is 0.0987. The molecule has 0 spiro atoms. The molecule has 2 rings (SSSR count). The van der Waals surface area contributed by atoms with Gasteiger partial charge in [0.05, 0.1) is 12.5 Å². The van der Waals surface area contributed by atoms with Gasteiger partial charge >= 0.3 is 0 Å². The van der Waals surface area contributed by atoms with Crippen LogP contribution in [0.5, 0.6) is 0 Å². The Bertz CT molecular complexity index is 629. The van der Waals surface area contributed by atoms with Crippen molar-refractivity contribution >= 4 is 17.3 Å². The van der Waals surface area contributed by atoms with E-state index >= 15 is 0 Å². The van der Waals surface area contributed by atoms with Crippen LogP contribution >= 0.6 is 0 Å². The van der Waals surface area contributed by atoms with Crippen molar-refractivity contribution in [3.63, 3.8) is 0 Å². The molecular weight excluding hydrogens is 262 g/mol. The van der Waals surface area contributed by atoms with E-state index in [0.29, 0.717) is 18.5 Å². The van der Waals surface area contributed by atoms with Crippen molar-refractivity contribution in [2.24, 2.45) is 0 Å². The van der Waals surface area contributed by atoms with Crippen molar-refractivity contribution < 1.29 is 4.79 Å². The molecule has 106 valence electrons. The first kappa shape index (κ1) is 14.6. The summed E-state index contributed by atoms with van der Waals surface area (Å²) < 4.78 is 0. The zero-order valence-electron chi connectivity index (χ0n) is 11.9. The van der Waals surface area contributed by atoms with Crippen LogP contribution in [0.25, 0.3) is 0 Å². The van der Waals surface area contributed by atoms with Crippen LogP contribution in [0.3, 0.4) is 0 Å². The lowest BCUT2D eigenvalue weighted by atomic mass is 10.1. The zero-order valence-corrected chi connectivity index (χ0v) is 11.9. The molecule has 0 aliphatic carbocycles. The van der Waals surface area contributed by atoms with Crippen LogP contribution in [0.15, 0.2) is 54.6 Å². The fourth-order valence-corrected chi connectivity index (χ4v) is 2.05. The molecule has 0 aliphatic rings. The first-order valence-electron chi connectivity index (χ1n) is 6.78. The topological polar surface area (TPSA) is 56.1 Å². The molecule has 1 amide bonds. The minimum atomic E-state index is -0.0981. The van der Waals surface area contributed by atoms with E-state index in [2.05, 4.69) is 11.4 Å². The number of nitriles is 1. The Morgan fingerprint density at radius 2 is 1.81 bits per heavy atom. The predicted molar refractivity (Wildman–Crippen MR) is 84.3 cm³/mol. The molecule has 4 nitrogen and oxygen atoms in total. The van der Waals surface area contributed by atoms with E-state index in [9.17, 15) is 4.79 Å². The van der Waals surface area contributed by atoms with Gasteiger partial charge in [-0.05, 0) is 36.4 Å². The number of para-hydroxylation sites is 1. The lowest BCUT2D eigenvalue weighted by Gasteiger charge is -2.22. The lowest BCUT2D eigenvalue weighted by Crippen LogP contribution is -2.31. The summed E-state index contributed by atoms with van der Waals surface area (Å²) in [6.45, 7) is 0.382. The number of nitrogens with one attached hydrogen (secondary N) is 1. The third-order valence-electron chi connectivity index (χ3n) is 3.18. The predicted octanol–water partition coefficient (Wildman–Crippen LogP) is 3.29. The minimum Gasteiger partial charge on any atom is -0.388 e. The molecule has 0 aliphatic heterocycles. The SMILES string of the molecule is CNc1ccc(C(=O)N(CCC#N)c2ccccc2)cc1. The minimum absolute atomic E-state index is 0.0981. The molecule has 21 heavy (non-hydrogen) atoms. The fourth-order valence-electron chi connectivity index (χ4n) is 2.05. The van der Waals surface area contributed by atoms with E-state index in [1.807, 2.05) is 49.5 Å². The average Bonchev–Trinajstić information content (AvgIpc) is 2.56. The summed E-state index contributed by atoms with van der Waals surface area (Å²) in [5.41, 5.74) is 2.36. The highest BCUT2D eigenvalue weighted by molar-refractivity contribution is 6.06. The summed E-state index contributed by atoms with van der Waals surface area (Å²) in [6, 6.07) is 18.8. The highest BCUT2D eigenvalue weighted by atomic mass is 16.2. The molecule has 0 radical (unpaired) electrons. The van der Waals surface area contributed by atoms with E-state index < -0.39 is 0 Å². The maximum absolute atomic E-state index is 12.6. The Morgan fingerprint density at radius 1 is 1.14 bits per heavy atom. The van der Waals surface area contributed by atoms with Crippen molar-refractivity contribution in [2.45, 2.75) is 6.42 Å². The summed E-state index contributed by atoms with van der Waals surface area (Å²) in [5, 5.41) is 11.8. The molecule has 0 aromatic heterocycles. The van der Waals surface area contributed by atoms with Crippen LogP contribution < -0.4 is 10.2 Å². The molecule has 0 fully saturated rings. The number of benzene rings is 2. The molecule has 0 saturated heterocycles. The molecular formula is C17H17N3O. The third kappa shape index (κ3) is 3.61. The fraction of sp³-hybridized carbons (Fsp3) is 0.176. The summed E-state index contributed by atoms with van der Waals surface area (Å²) in [7, 11) is 1.83. The number of anilines is 2. The molecule has 2 aromatic carbocycles. The summed E-state index contributed by atoms with van der Waals surface area (Å²) >= 11 is 0. The van der Waals surface area contributed by atoms with Crippen molar-refractivity contribution in [3.8, 4) is 6.07 Å². The van der Waals surface area contributed by atoms with Gasteiger partial charge in [-0.15, -0.1) is 0 Å². The maximum atomic E-state index is 12.6. The van der Waals surface area contributed by atoms with Gasteiger partial charge < -0.3 is 10.2 Å². The van der Waals surface area contributed by atoms with E-state index in [4.69, 9.17) is 5.26 Å². The smallest absolute Gasteiger partial charge is 0.258 e. The van der Waals surface area contributed by atoms with Gasteiger partial charge in [-0.3, -0.25) is 4.79 Å². The van der Waals surface area contributed by atoms with Gasteiger partial charge in [0.1, 0.15) is 0 Å². The zero-order chi connectivity index (χ0) is 15.1. The Morgan fingerprint density at radius 3 is 2.38 bits per heavy atom. The molecule has 0 bridgehead atoms. The number of carbonyl (C=O) groups is 1. The third-order valence-corrected chi connectivity index (χ3v) is 3.18. The first-order chi connectivity index (χ1) is 10.3. The van der Waals surface area contributed by atoms with E-state index in [1.165, 1.54) is 0 Å². The number of amides is 1. The van der Waals surface area contributed by atoms with Crippen molar-refractivity contribution in [3.05, 3.63) is 60.2 Å². The highest BCUT2D eigenvalue weighted by Gasteiger charge is 2.17. The summed E-state index contributed by atoms with van der Waals surface area (Å²) in [6.07, 6.45) is 0.301. The van der Waals surface area contributed by atoms with Gasteiger partial charge in [0.15, 0.2) is 0 Å². The Balaban J connectivity index is 2.27. The average molecular weight is 279 g/mol. The largest absolute Gasteiger partial charge is 0.388 e. The van der Waals surface area contributed by atoms with E-state index in [0.717, 1.165) is 11.4 Å². The number of hydrogen-bond acceptors (Lipinski definition) is 3. The Kier molecular flexibility index (Phi) is 4.94. The van der Waals surface area contributed by atoms with Crippen molar-refractivity contribution in [1.29, 1.82) is 5.26 Å². The van der Waals surface area contributed by atoms with Gasteiger partial charge in [-0.25, -0.2) is 0 Å². The van der Waals surface area contributed by atoms with Crippen LogP contribution in [-0.2, 0) is 0 Å². The molecule has 0 unspecified atom stereocenters. The Hall–Kier alpha value is -2.80. The van der Waals surface area contributed by atoms with E-state index in [-0.39, 0.29) is 5.91 Å². The summed E-state index contributed by atoms with van der Waals surface area (Å²) in [4.78, 5) is 14.3. The monoisotopic (exact) mass is 279 g/mol. The van der Waals surface area contributed by atoms with Gasteiger partial charge in [0.2, 0.25) is 0 Å². The molecule has 2 aromatic rings. The Labute approximate surface area is 124 Å². The van der Waals surface area contributed by atoms with Crippen LogP contribution in [0.4, 0.5) is 11.4 Å². The molecule has 0 heterocycles. The van der Waals surface area contributed by atoms with Crippen LogP contribution in [0.2, 0.25) is 0 Å². The maximum Gasteiger partial charge on any atom is 0.258 e. The van der Waals surface area contributed by atoms with Gasteiger partial charge in [-0.2, -0.15) is 5.26 Å². The van der Waals surface area contributed by atoms with Crippen molar-refractivity contribution in [2.75, 3.05) is 23.8 Å². The van der Waals surface area contributed by atoms with Crippen LogP contribution in [0.1, 0.15) is 16.8 Å². The number of nitrogens with zero attached hydrogens (tertiary/aromatic N) is 2. The summed E-state index contributed by atoms with van der Waals surface area (Å²) in [5.74, 6) is -0.0981. The second-order valence-electron chi connectivity index (χ2n) is 4.53. The van der Waals surface area contributed by atoms with Gasteiger partial charge in [0, 0.05) is 30.5 Å². The normalized spacial score (nSPS) is 9.71. The highest BCUT2D eigenvalue weighted by Crippen LogP contribution is 2.18. The molecule has 1 N–H and O–H groups in total. The van der Waals surface area contributed by atoms with Crippen LogP contribution in [0, 0.1) is 11.3 Å². The molecule has 4 heteroatoms. The number of carbonyl (C=O) groups excluding carboxylic acids is 1. The first-order valence-corrected chi connectivity index (χ1v) is 6.78. The number of rotatable bonds is 5. The number of hydrogen-bond donors (Lipinski definition) is 1. The second-order valence-corrected chi connectivity index (χ2v) is 4.53. The standard InChI is InChI=1S/C17H17N3O/c1-19-15-10-8-14(9-11-15)17(21)20(13-5-12-18)16-6-3-2-4-7-16/h2-4,6-11,19H,5,13H2,1H3. The van der Waals surface area contributed by atoms with E-state index in [1.54, 1.807) is 17.0 Å². The second kappa shape index (κ2) is 7.11. The van der Waals surface area contributed by atoms with Gasteiger partial charge in [0.25, 0.3) is 5.91 Å². The molecule has 0 saturated carbocycles. The quantitative estimate of drug-likeness (QED) is 0.913.